The van der Waals surface area contributed by atoms with Crippen LogP contribution in [0.4, 0.5) is 0 Å². The molecule has 3 aromatic carbocycles. The van der Waals surface area contributed by atoms with Crippen LogP contribution in [0.3, 0.4) is 0 Å². The number of benzene rings is 3. The van der Waals surface area contributed by atoms with Crippen molar-refractivity contribution in [1.82, 2.24) is 24.9 Å². The topological polar surface area (TPSA) is 64.5 Å². The van der Waals surface area contributed by atoms with Crippen LogP contribution in [0, 0.1) is 20.8 Å². The number of aromatic nitrogens is 5. The van der Waals surface area contributed by atoms with Crippen LogP contribution >= 0.6 is 0 Å². The third-order valence-corrected chi connectivity index (χ3v) is 6.64. The number of pyridine rings is 2. The second kappa shape index (κ2) is 10.4. The van der Waals surface area contributed by atoms with Gasteiger partial charge in [0, 0.05) is 17.0 Å². The Labute approximate surface area is 228 Å². The van der Waals surface area contributed by atoms with Crippen molar-refractivity contribution in [3.05, 3.63) is 126 Å². The molecule has 6 aromatic rings. The molecule has 0 spiro atoms. The van der Waals surface area contributed by atoms with E-state index >= 15 is 0 Å². The summed E-state index contributed by atoms with van der Waals surface area (Å²) in [6, 6.07) is 37.2. The molecule has 39 heavy (non-hydrogen) atoms. The van der Waals surface area contributed by atoms with Crippen molar-refractivity contribution < 1.29 is 0 Å². The molecule has 0 saturated heterocycles. The molecule has 188 valence electrons. The lowest BCUT2D eigenvalue weighted by Crippen LogP contribution is -2.03. The average molecular weight is 506 g/mol. The van der Waals surface area contributed by atoms with Gasteiger partial charge in [-0.25, -0.2) is 24.9 Å². The maximum Gasteiger partial charge on any atom is 0.182 e. The molecule has 5 nitrogen and oxygen atoms in total. The van der Waals surface area contributed by atoms with Gasteiger partial charge in [0.15, 0.2) is 17.5 Å². The lowest BCUT2D eigenvalue weighted by Gasteiger charge is -2.12. The van der Waals surface area contributed by atoms with Gasteiger partial charge in [-0.2, -0.15) is 0 Å². The number of hydrogen-bond donors (Lipinski definition) is 0. The van der Waals surface area contributed by atoms with Crippen LogP contribution in [0.5, 0.6) is 0 Å². The Kier molecular flexibility index (Phi) is 6.47. The Bertz CT molecular complexity index is 1730. The molecule has 6 rings (SSSR count). The van der Waals surface area contributed by atoms with Crippen molar-refractivity contribution in [3.63, 3.8) is 0 Å². The third-order valence-electron chi connectivity index (χ3n) is 6.64. The lowest BCUT2D eigenvalue weighted by atomic mass is 9.95. The summed E-state index contributed by atoms with van der Waals surface area (Å²) in [6.07, 6.45) is 0. The van der Waals surface area contributed by atoms with Crippen LogP contribution in [-0.4, -0.2) is 24.9 Å². The molecule has 3 aromatic heterocycles. The van der Waals surface area contributed by atoms with E-state index in [0.29, 0.717) is 28.9 Å². The van der Waals surface area contributed by atoms with Gasteiger partial charge in [-0.3, -0.25) is 0 Å². The SMILES string of the molecule is Cc1cccc(-c2nc(-c3ccc(-c4cccc(-c5ccccc5)c4)c(C)c3)nc(-c3cccc(C)n3)n2)n1. The second-order valence-electron chi connectivity index (χ2n) is 9.61. The zero-order valence-corrected chi connectivity index (χ0v) is 22.1. The van der Waals surface area contributed by atoms with Gasteiger partial charge in [0.2, 0.25) is 0 Å². The predicted molar refractivity (Wildman–Crippen MR) is 157 cm³/mol. The molecule has 0 aliphatic rings. The van der Waals surface area contributed by atoms with E-state index in [2.05, 4.69) is 83.6 Å². The summed E-state index contributed by atoms with van der Waals surface area (Å²) in [5, 5.41) is 0. The molecular weight excluding hydrogens is 478 g/mol. The van der Waals surface area contributed by atoms with E-state index in [1.54, 1.807) is 0 Å². The van der Waals surface area contributed by atoms with E-state index in [-0.39, 0.29) is 0 Å². The summed E-state index contributed by atoms with van der Waals surface area (Å²) < 4.78 is 0. The summed E-state index contributed by atoms with van der Waals surface area (Å²) in [4.78, 5) is 23.8. The van der Waals surface area contributed by atoms with Gasteiger partial charge in [-0.05, 0) is 85.0 Å². The van der Waals surface area contributed by atoms with Crippen molar-refractivity contribution >= 4 is 0 Å². The van der Waals surface area contributed by atoms with E-state index in [4.69, 9.17) is 15.0 Å². The van der Waals surface area contributed by atoms with Crippen molar-refractivity contribution in [2.24, 2.45) is 0 Å². The molecular formula is C34H27N5. The van der Waals surface area contributed by atoms with Gasteiger partial charge in [0.1, 0.15) is 11.4 Å². The lowest BCUT2D eigenvalue weighted by molar-refractivity contribution is 1.03. The molecule has 0 N–H and O–H groups in total. The molecule has 0 atom stereocenters. The molecule has 3 heterocycles. The number of hydrogen-bond acceptors (Lipinski definition) is 5. The first-order chi connectivity index (χ1) is 19.0. The highest BCUT2D eigenvalue weighted by Crippen LogP contribution is 2.31. The fourth-order valence-corrected chi connectivity index (χ4v) is 4.69. The first-order valence-electron chi connectivity index (χ1n) is 12.9. The smallest absolute Gasteiger partial charge is 0.182 e. The minimum absolute atomic E-state index is 0.527. The van der Waals surface area contributed by atoms with Crippen molar-refractivity contribution in [1.29, 1.82) is 0 Å². The molecule has 0 bridgehead atoms. The predicted octanol–water partition coefficient (Wildman–Crippen LogP) is 7.92. The third kappa shape index (κ3) is 5.20. The molecule has 0 unspecified atom stereocenters. The number of rotatable bonds is 5. The van der Waals surface area contributed by atoms with Crippen molar-refractivity contribution in [2.45, 2.75) is 20.8 Å². The normalized spacial score (nSPS) is 10.9. The zero-order valence-electron chi connectivity index (χ0n) is 22.1. The largest absolute Gasteiger partial charge is 0.250 e. The van der Waals surface area contributed by atoms with E-state index in [1.165, 1.54) is 22.3 Å². The standard InChI is InChI=1S/C34H27N5/c1-22-20-28(18-19-29(22)27-15-9-14-26(21-27)25-12-5-4-6-13-25)32-37-33(30-16-7-10-23(2)35-30)39-34(38-32)31-17-8-11-24(3)36-31/h4-21H,1-3H3. The Balaban J connectivity index is 1.44. The summed E-state index contributed by atoms with van der Waals surface area (Å²) in [5.41, 5.74) is 10.0. The van der Waals surface area contributed by atoms with Gasteiger partial charge in [0.25, 0.3) is 0 Å². The first kappa shape index (κ1) is 24.3. The van der Waals surface area contributed by atoms with Gasteiger partial charge in [-0.15, -0.1) is 0 Å². The molecule has 0 amide bonds. The van der Waals surface area contributed by atoms with Crippen LogP contribution < -0.4 is 0 Å². The summed E-state index contributed by atoms with van der Waals surface area (Å²) in [7, 11) is 0. The van der Waals surface area contributed by atoms with Crippen LogP contribution in [0.15, 0.2) is 109 Å². The summed E-state index contributed by atoms with van der Waals surface area (Å²) in [5.74, 6) is 1.65. The number of nitrogens with zero attached hydrogens (tertiary/aromatic N) is 5. The van der Waals surface area contributed by atoms with Crippen LogP contribution in [-0.2, 0) is 0 Å². The van der Waals surface area contributed by atoms with Crippen LogP contribution in [0.2, 0.25) is 0 Å². The van der Waals surface area contributed by atoms with Gasteiger partial charge in [-0.1, -0.05) is 72.8 Å². The Morgan fingerprint density at radius 2 is 0.949 bits per heavy atom. The Morgan fingerprint density at radius 3 is 1.56 bits per heavy atom. The average Bonchev–Trinajstić information content (AvgIpc) is 2.97. The van der Waals surface area contributed by atoms with Crippen molar-refractivity contribution in [2.75, 3.05) is 0 Å². The Morgan fingerprint density at radius 1 is 0.385 bits per heavy atom. The highest BCUT2D eigenvalue weighted by molar-refractivity contribution is 5.77. The minimum Gasteiger partial charge on any atom is -0.250 e. The van der Waals surface area contributed by atoms with Crippen molar-refractivity contribution in [3.8, 4) is 56.7 Å². The molecule has 5 heteroatoms. The van der Waals surface area contributed by atoms with Gasteiger partial charge < -0.3 is 0 Å². The molecule has 0 saturated carbocycles. The monoisotopic (exact) mass is 505 g/mol. The fourth-order valence-electron chi connectivity index (χ4n) is 4.69. The fraction of sp³-hybridized carbons (Fsp3) is 0.0882. The maximum absolute atomic E-state index is 4.85. The summed E-state index contributed by atoms with van der Waals surface area (Å²) >= 11 is 0. The number of aryl methyl sites for hydroxylation is 3. The quantitative estimate of drug-likeness (QED) is 0.238. The highest BCUT2D eigenvalue weighted by Gasteiger charge is 2.15. The maximum atomic E-state index is 4.85. The van der Waals surface area contributed by atoms with Crippen LogP contribution in [0.25, 0.3) is 56.7 Å². The summed E-state index contributed by atoms with van der Waals surface area (Å²) in [6.45, 7) is 6.05. The van der Waals surface area contributed by atoms with Gasteiger partial charge in [0.05, 0.1) is 0 Å². The van der Waals surface area contributed by atoms with E-state index in [9.17, 15) is 0 Å². The highest BCUT2D eigenvalue weighted by atomic mass is 15.1. The molecule has 0 aliphatic carbocycles. The first-order valence-corrected chi connectivity index (χ1v) is 12.9. The van der Waals surface area contributed by atoms with Crippen LogP contribution in [0.1, 0.15) is 17.0 Å². The van der Waals surface area contributed by atoms with E-state index in [1.807, 2.05) is 56.3 Å². The minimum atomic E-state index is 0.527. The molecule has 0 radical (unpaired) electrons. The second-order valence-corrected chi connectivity index (χ2v) is 9.61. The molecule has 0 aliphatic heterocycles. The zero-order chi connectivity index (χ0) is 26.8. The van der Waals surface area contributed by atoms with Gasteiger partial charge >= 0.3 is 0 Å². The van der Waals surface area contributed by atoms with E-state index < -0.39 is 0 Å². The van der Waals surface area contributed by atoms with E-state index in [0.717, 1.165) is 22.5 Å². The Hall–Kier alpha value is -5.03. The molecule has 0 fully saturated rings.